The second kappa shape index (κ2) is 6.34. The first-order valence-corrected chi connectivity index (χ1v) is 5.99. The van der Waals surface area contributed by atoms with Crippen molar-refractivity contribution in [3.05, 3.63) is 25.9 Å². The van der Waals surface area contributed by atoms with Crippen LogP contribution in [0.4, 0.5) is 0 Å². The minimum absolute atomic E-state index is 0.0695. The molecule has 0 saturated heterocycles. The fourth-order valence-electron chi connectivity index (χ4n) is 1.19. The molecule has 1 amide bonds. The summed E-state index contributed by atoms with van der Waals surface area (Å²) in [5.74, 6) is 0.195. The fraction of sp³-hybridized carbons (Fsp3) is 0.400. The van der Waals surface area contributed by atoms with Gasteiger partial charge in [-0.25, -0.2) is 4.98 Å². The van der Waals surface area contributed by atoms with Crippen molar-refractivity contribution < 1.29 is 4.79 Å². The van der Waals surface area contributed by atoms with E-state index in [-0.39, 0.29) is 24.4 Å². The second-order valence-corrected chi connectivity index (χ2v) is 4.46. The van der Waals surface area contributed by atoms with Crippen molar-refractivity contribution in [3.63, 3.8) is 0 Å². The first-order chi connectivity index (χ1) is 8.06. The van der Waals surface area contributed by atoms with Crippen LogP contribution in [0.5, 0.6) is 0 Å². The van der Waals surface area contributed by atoms with Crippen molar-refractivity contribution >= 4 is 28.5 Å². The average Bonchev–Trinajstić information content (AvgIpc) is 2.30. The Morgan fingerprint density at radius 1 is 1.71 bits per heavy atom. The Labute approximate surface area is 112 Å². The Bertz CT molecular complexity index is 518. The van der Waals surface area contributed by atoms with E-state index in [1.165, 1.54) is 10.8 Å². The van der Waals surface area contributed by atoms with Crippen molar-refractivity contribution in [1.82, 2.24) is 14.9 Å². The third kappa shape index (κ3) is 3.81. The molecule has 0 aromatic carbocycles. The van der Waals surface area contributed by atoms with Crippen LogP contribution < -0.4 is 10.9 Å². The van der Waals surface area contributed by atoms with E-state index in [1.807, 2.05) is 28.7 Å². The van der Waals surface area contributed by atoms with E-state index in [0.29, 0.717) is 15.9 Å². The van der Waals surface area contributed by atoms with Crippen LogP contribution in [0.1, 0.15) is 12.2 Å². The van der Waals surface area contributed by atoms with Crippen LogP contribution in [0, 0.1) is 21.8 Å². The van der Waals surface area contributed by atoms with Gasteiger partial charge in [0.1, 0.15) is 12.4 Å². The summed E-state index contributed by atoms with van der Waals surface area (Å²) < 4.78 is 1.78. The lowest BCUT2D eigenvalue weighted by atomic mass is 10.4. The van der Waals surface area contributed by atoms with Crippen LogP contribution >= 0.6 is 22.6 Å². The summed E-state index contributed by atoms with van der Waals surface area (Å²) in [6.45, 7) is 1.89. The predicted octanol–water partition coefficient (Wildman–Crippen LogP) is 0.186. The molecule has 1 aromatic heterocycles. The maximum absolute atomic E-state index is 11.7. The van der Waals surface area contributed by atoms with Crippen molar-refractivity contribution in [2.24, 2.45) is 0 Å². The zero-order valence-electron chi connectivity index (χ0n) is 9.23. The molecule has 0 radical (unpaired) electrons. The van der Waals surface area contributed by atoms with Crippen molar-refractivity contribution in [2.75, 3.05) is 6.54 Å². The SMILES string of the molecule is Cc1ncc(I)c(=O)n1CC(=O)NCCC#N. The summed E-state index contributed by atoms with van der Waals surface area (Å²) in [5.41, 5.74) is -0.228. The molecule has 0 saturated carbocycles. The Kier molecular flexibility index (Phi) is 5.09. The maximum atomic E-state index is 11.7. The van der Waals surface area contributed by atoms with E-state index >= 15 is 0 Å². The van der Waals surface area contributed by atoms with Crippen molar-refractivity contribution in [2.45, 2.75) is 19.9 Å². The van der Waals surface area contributed by atoms with Crippen molar-refractivity contribution in [1.29, 1.82) is 5.26 Å². The number of carbonyl (C=O) groups excluding carboxylic acids is 1. The molecule has 0 spiro atoms. The Hall–Kier alpha value is -1.43. The largest absolute Gasteiger partial charge is 0.354 e. The molecule has 90 valence electrons. The molecule has 0 atom stereocenters. The highest BCUT2D eigenvalue weighted by atomic mass is 127. The standard InChI is InChI=1S/C10H11IN4O2/c1-7-14-5-8(11)10(17)15(7)6-9(16)13-4-2-3-12/h5H,2,4,6H2,1H3,(H,13,16). The monoisotopic (exact) mass is 346 g/mol. The lowest BCUT2D eigenvalue weighted by Crippen LogP contribution is -2.35. The highest BCUT2D eigenvalue weighted by molar-refractivity contribution is 14.1. The molecule has 1 N–H and O–H groups in total. The number of nitriles is 1. The smallest absolute Gasteiger partial charge is 0.267 e. The average molecular weight is 346 g/mol. The zero-order chi connectivity index (χ0) is 12.8. The molecule has 0 fully saturated rings. The molecule has 7 heteroatoms. The van der Waals surface area contributed by atoms with Gasteiger partial charge < -0.3 is 5.32 Å². The van der Waals surface area contributed by atoms with Gasteiger partial charge in [-0.1, -0.05) is 0 Å². The summed E-state index contributed by atoms with van der Waals surface area (Å²) in [5, 5.41) is 10.9. The topological polar surface area (TPSA) is 87.8 Å². The third-order valence-corrected chi connectivity index (χ3v) is 2.81. The number of nitrogens with zero attached hydrogens (tertiary/aromatic N) is 3. The second-order valence-electron chi connectivity index (χ2n) is 3.30. The number of nitrogens with one attached hydrogen (secondary N) is 1. The van der Waals surface area contributed by atoms with Crippen LogP contribution in [0.15, 0.2) is 11.0 Å². The fourth-order valence-corrected chi connectivity index (χ4v) is 1.62. The normalized spacial score (nSPS) is 9.71. The Balaban J connectivity index is 2.76. The lowest BCUT2D eigenvalue weighted by Gasteiger charge is -2.09. The number of aryl methyl sites for hydroxylation is 1. The first-order valence-electron chi connectivity index (χ1n) is 4.92. The van der Waals surface area contributed by atoms with E-state index in [4.69, 9.17) is 5.26 Å². The maximum Gasteiger partial charge on any atom is 0.267 e. The Morgan fingerprint density at radius 3 is 3.06 bits per heavy atom. The molecule has 1 rings (SSSR count). The summed E-state index contributed by atoms with van der Waals surface area (Å²) in [6, 6.07) is 1.92. The molecule has 1 heterocycles. The molecule has 0 aliphatic heterocycles. The van der Waals surface area contributed by atoms with Crippen LogP contribution in [0.2, 0.25) is 0 Å². The minimum atomic E-state index is -0.297. The van der Waals surface area contributed by atoms with E-state index in [2.05, 4.69) is 10.3 Å². The highest BCUT2D eigenvalue weighted by Gasteiger charge is 2.09. The Morgan fingerprint density at radius 2 is 2.41 bits per heavy atom. The molecule has 0 aliphatic rings. The van der Waals surface area contributed by atoms with Gasteiger partial charge in [-0.05, 0) is 29.5 Å². The number of rotatable bonds is 4. The van der Waals surface area contributed by atoms with Crippen LogP contribution in [0.25, 0.3) is 0 Å². The van der Waals surface area contributed by atoms with Gasteiger partial charge in [-0.3, -0.25) is 14.2 Å². The van der Waals surface area contributed by atoms with Crippen LogP contribution in [0.3, 0.4) is 0 Å². The third-order valence-electron chi connectivity index (χ3n) is 2.07. The van der Waals surface area contributed by atoms with E-state index in [0.717, 1.165) is 0 Å². The van der Waals surface area contributed by atoms with Gasteiger partial charge in [0.05, 0.1) is 16.1 Å². The first kappa shape index (κ1) is 13.6. The molecule has 0 unspecified atom stereocenters. The molecule has 1 aromatic rings. The van der Waals surface area contributed by atoms with Gasteiger partial charge >= 0.3 is 0 Å². The van der Waals surface area contributed by atoms with Gasteiger partial charge in [-0.2, -0.15) is 5.26 Å². The number of aromatic nitrogens is 2. The number of hydrogen-bond acceptors (Lipinski definition) is 4. The van der Waals surface area contributed by atoms with Crippen molar-refractivity contribution in [3.8, 4) is 6.07 Å². The summed E-state index contributed by atoms with van der Waals surface area (Å²) in [4.78, 5) is 27.2. The number of amides is 1. The van der Waals surface area contributed by atoms with Gasteiger partial charge in [0.15, 0.2) is 0 Å². The highest BCUT2D eigenvalue weighted by Crippen LogP contribution is 1.97. The predicted molar refractivity (Wildman–Crippen MR) is 69.2 cm³/mol. The molecule has 6 nitrogen and oxygen atoms in total. The lowest BCUT2D eigenvalue weighted by molar-refractivity contribution is -0.121. The van der Waals surface area contributed by atoms with E-state index in [1.54, 1.807) is 6.92 Å². The molecule has 0 aliphatic carbocycles. The quantitative estimate of drug-likeness (QED) is 0.623. The molecule has 0 bridgehead atoms. The number of halogens is 1. The summed E-state index contributed by atoms with van der Waals surface area (Å²) in [6.07, 6.45) is 1.73. The summed E-state index contributed by atoms with van der Waals surface area (Å²) in [7, 11) is 0. The molecular weight excluding hydrogens is 335 g/mol. The van der Waals surface area contributed by atoms with Gasteiger partial charge in [0, 0.05) is 12.7 Å². The van der Waals surface area contributed by atoms with Crippen LogP contribution in [-0.2, 0) is 11.3 Å². The molecule has 17 heavy (non-hydrogen) atoms. The van der Waals surface area contributed by atoms with E-state index < -0.39 is 0 Å². The van der Waals surface area contributed by atoms with E-state index in [9.17, 15) is 9.59 Å². The molecular formula is C10H11IN4O2. The van der Waals surface area contributed by atoms with Gasteiger partial charge in [-0.15, -0.1) is 0 Å². The number of hydrogen-bond donors (Lipinski definition) is 1. The van der Waals surface area contributed by atoms with Crippen LogP contribution in [-0.4, -0.2) is 22.0 Å². The minimum Gasteiger partial charge on any atom is -0.354 e. The zero-order valence-corrected chi connectivity index (χ0v) is 11.4. The summed E-state index contributed by atoms with van der Waals surface area (Å²) >= 11 is 1.88. The number of carbonyl (C=O) groups is 1. The van der Waals surface area contributed by atoms with Gasteiger partial charge in [0.25, 0.3) is 5.56 Å². The van der Waals surface area contributed by atoms with Gasteiger partial charge in [0.2, 0.25) is 5.91 Å².